The molecule has 0 spiro atoms. The van der Waals surface area contributed by atoms with Crippen LogP contribution in [0.15, 0.2) is 18.2 Å². The Bertz CT molecular complexity index is 290. The molecule has 0 heterocycles. The lowest BCUT2D eigenvalue weighted by atomic mass is 10.1. The van der Waals surface area contributed by atoms with E-state index in [1.54, 1.807) is 0 Å². The number of rotatable bonds is 5. The van der Waals surface area contributed by atoms with Gasteiger partial charge in [0, 0.05) is 11.6 Å². The van der Waals surface area contributed by atoms with E-state index in [-0.39, 0.29) is 5.56 Å². The van der Waals surface area contributed by atoms with E-state index in [0.29, 0.717) is 12.5 Å². The lowest BCUT2D eigenvalue weighted by molar-refractivity contribution is 0.531. The molecule has 0 saturated carbocycles. The first kappa shape index (κ1) is 12.1. The quantitative estimate of drug-likeness (QED) is 0.741. The van der Waals surface area contributed by atoms with E-state index in [0.717, 1.165) is 13.0 Å². The van der Waals surface area contributed by atoms with Gasteiger partial charge in [0.25, 0.3) is 0 Å². The van der Waals surface area contributed by atoms with Crippen LogP contribution in [0.3, 0.4) is 0 Å². The second kappa shape index (κ2) is 5.81. The zero-order chi connectivity index (χ0) is 11.3. The summed E-state index contributed by atoms with van der Waals surface area (Å²) in [6, 6.07) is 4.40. The van der Waals surface area contributed by atoms with Crippen molar-refractivity contribution >= 4 is 0 Å². The molecule has 0 saturated heterocycles. The summed E-state index contributed by atoms with van der Waals surface area (Å²) in [7, 11) is 0. The van der Waals surface area contributed by atoms with Crippen LogP contribution < -0.4 is 5.32 Å². The Morgan fingerprint density at radius 3 is 2.33 bits per heavy atom. The second-order valence-electron chi connectivity index (χ2n) is 3.91. The fourth-order valence-electron chi connectivity index (χ4n) is 1.43. The number of nitrogens with one attached hydrogen (secondary N) is 1. The molecule has 0 fully saturated rings. The Labute approximate surface area is 89.5 Å². The third-order valence-electron chi connectivity index (χ3n) is 2.22. The van der Waals surface area contributed by atoms with Crippen molar-refractivity contribution in [2.24, 2.45) is 0 Å². The van der Waals surface area contributed by atoms with E-state index >= 15 is 0 Å². The van der Waals surface area contributed by atoms with E-state index < -0.39 is 11.6 Å². The fraction of sp³-hybridized carbons (Fsp3) is 0.500. The van der Waals surface area contributed by atoms with Gasteiger partial charge in [0.15, 0.2) is 0 Å². The van der Waals surface area contributed by atoms with Crippen LogP contribution in [0.2, 0.25) is 0 Å². The van der Waals surface area contributed by atoms with Crippen molar-refractivity contribution in [2.75, 3.05) is 6.54 Å². The van der Waals surface area contributed by atoms with Crippen LogP contribution in [0.4, 0.5) is 8.78 Å². The zero-order valence-electron chi connectivity index (χ0n) is 9.19. The first-order valence-corrected chi connectivity index (χ1v) is 5.27. The molecule has 1 aromatic carbocycles. The Morgan fingerprint density at radius 2 is 1.80 bits per heavy atom. The average Bonchev–Trinajstić information content (AvgIpc) is 2.15. The van der Waals surface area contributed by atoms with Crippen molar-refractivity contribution in [1.82, 2.24) is 5.32 Å². The predicted molar refractivity (Wildman–Crippen MR) is 57.8 cm³/mol. The average molecular weight is 213 g/mol. The molecule has 0 atom stereocenters. The van der Waals surface area contributed by atoms with E-state index in [1.807, 2.05) is 13.8 Å². The van der Waals surface area contributed by atoms with E-state index in [4.69, 9.17) is 0 Å². The van der Waals surface area contributed by atoms with Crippen LogP contribution in [-0.2, 0) is 6.42 Å². The molecule has 84 valence electrons. The van der Waals surface area contributed by atoms with E-state index in [9.17, 15) is 8.78 Å². The third-order valence-corrected chi connectivity index (χ3v) is 2.22. The number of hydrogen-bond acceptors (Lipinski definition) is 1. The van der Waals surface area contributed by atoms with Crippen LogP contribution >= 0.6 is 0 Å². The van der Waals surface area contributed by atoms with Gasteiger partial charge in [-0.05, 0) is 31.5 Å². The Hall–Kier alpha value is -0.960. The molecule has 15 heavy (non-hydrogen) atoms. The van der Waals surface area contributed by atoms with Gasteiger partial charge in [-0.15, -0.1) is 0 Å². The van der Waals surface area contributed by atoms with Crippen molar-refractivity contribution in [2.45, 2.75) is 32.7 Å². The Kier molecular flexibility index (Phi) is 4.69. The van der Waals surface area contributed by atoms with Crippen molar-refractivity contribution < 1.29 is 8.78 Å². The predicted octanol–water partition coefficient (Wildman–Crippen LogP) is 2.90. The summed E-state index contributed by atoms with van der Waals surface area (Å²) < 4.78 is 26.4. The van der Waals surface area contributed by atoms with Crippen LogP contribution in [0.1, 0.15) is 25.8 Å². The monoisotopic (exact) mass is 213 g/mol. The van der Waals surface area contributed by atoms with Gasteiger partial charge in [0.05, 0.1) is 0 Å². The number of halogens is 2. The maximum Gasteiger partial charge on any atom is 0.129 e. The third kappa shape index (κ3) is 3.96. The second-order valence-corrected chi connectivity index (χ2v) is 3.91. The van der Waals surface area contributed by atoms with Crippen LogP contribution in [0.25, 0.3) is 0 Å². The Morgan fingerprint density at radius 1 is 1.20 bits per heavy atom. The van der Waals surface area contributed by atoms with Crippen LogP contribution in [-0.4, -0.2) is 12.6 Å². The van der Waals surface area contributed by atoms with Gasteiger partial charge < -0.3 is 5.32 Å². The maximum absolute atomic E-state index is 13.2. The number of benzene rings is 1. The molecular weight excluding hydrogens is 196 g/mol. The Balaban J connectivity index is 2.43. The number of hydrogen-bond donors (Lipinski definition) is 1. The van der Waals surface area contributed by atoms with Gasteiger partial charge in [0.1, 0.15) is 11.6 Å². The summed E-state index contributed by atoms with van der Waals surface area (Å²) in [5.41, 5.74) is 0.197. The van der Waals surface area contributed by atoms with Crippen molar-refractivity contribution in [3.8, 4) is 0 Å². The lowest BCUT2D eigenvalue weighted by Crippen LogP contribution is -2.24. The highest BCUT2D eigenvalue weighted by atomic mass is 19.1. The first-order chi connectivity index (χ1) is 7.11. The fourth-order valence-corrected chi connectivity index (χ4v) is 1.43. The summed E-state index contributed by atoms with van der Waals surface area (Å²) in [5, 5.41) is 3.21. The molecule has 3 heteroatoms. The first-order valence-electron chi connectivity index (χ1n) is 5.27. The summed E-state index contributed by atoms with van der Waals surface area (Å²) in [6.45, 7) is 4.87. The van der Waals surface area contributed by atoms with Gasteiger partial charge in [0.2, 0.25) is 0 Å². The molecule has 1 N–H and O–H groups in total. The normalized spacial score (nSPS) is 11.0. The molecular formula is C12H17F2N. The minimum absolute atomic E-state index is 0.197. The lowest BCUT2D eigenvalue weighted by Gasteiger charge is -2.08. The van der Waals surface area contributed by atoms with Gasteiger partial charge in [-0.25, -0.2) is 8.78 Å². The van der Waals surface area contributed by atoms with Crippen molar-refractivity contribution in [3.63, 3.8) is 0 Å². The molecule has 1 rings (SSSR count). The molecule has 0 aromatic heterocycles. The molecule has 0 aliphatic carbocycles. The summed E-state index contributed by atoms with van der Waals surface area (Å²) in [4.78, 5) is 0. The van der Waals surface area contributed by atoms with Gasteiger partial charge >= 0.3 is 0 Å². The molecule has 1 nitrogen and oxygen atoms in total. The van der Waals surface area contributed by atoms with Crippen molar-refractivity contribution in [1.29, 1.82) is 0 Å². The molecule has 0 aliphatic heterocycles. The minimum atomic E-state index is -0.445. The standard InChI is InChI=1S/C12H17F2N/c1-9(2)15-8-4-5-10-11(13)6-3-7-12(10)14/h3,6-7,9,15H,4-5,8H2,1-2H3. The molecule has 0 unspecified atom stereocenters. The molecule has 0 bridgehead atoms. The molecule has 0 radical (unpaired) electrons. The molecule has 0 aliphatic rings. The molecule has 0 amide bonds. The maximum atomic E-state index is 13.2. The summed E-state index contributed by atoms with van der Waals surface area (Å²) in [6.07, 6.45) is 1.19. The van der Waals surface area contributed by atoms with Gasteiger partial charge in [-0.1, -0.05) is 19.9 Å². The highest BCUT2D eigenvalue weighted by molar-refractivity contribution is 5.19. The molecule has 1 aromatic rings. The topological polar surface area (TPSA) is 12.0 Å². The van der Waals surface area contributed by atoms with Crippen LogP contribution in [0, 0.1) is 11.6 Å². The zero-order valence-corrected chi connectivity index (χ0v) is 9.19. The van der Waals surface area contributed by atoms with Crippen LogP contribution in [0.5, 0.6) is 0 Å². The van der Waals surface area contributed by atoms with Crippen molar-refractivity contribution in [3.05, 3.63) is 35.4 Å². The van der Waals surface area contributed by atoms with Gasteiger partial charge in [-0.2, -0.15) is 0 Å². The summed E-state index contributed by atoms with van der Waals surface area (Å²) in [5.74, 6) is -0.890. The highest BCUT2D eigenvalue weighted by Crippen LogP contribution is 2.13. The highest BCUT2D eigenvalue weighted by Gasteiger charge is 2.07. The summed E-state index contributed by atoms with van der Waals surface area (Å²) >= 11 is 0. The van der Waals surface area contributed by atoms with E-state index in [2.05, 4.69) is 5.32 Å². The van der Waals surface area contributed by atoms with Gasteiger partial charge in [-0.3, -0.25) is 0 Å². The smallest absolute Gasteiger partial charge is 0.129 e. The largest absolute Gasteiger partial charge is 0.315 e. The van der Waals surface area contributed by atoms with E-state index in [1.165, 1.54) is 18.2 Å². The SMILES string of the molecule is CC(C)NCCCc1c(F)cccc1F. The minimum Gasteiger partial charge on any atom is -0.315 e.